The van der Waals surface area contributed by atoms with Gasteiger partial charge in [0.2, 0.25) is 0 Å². The highest BCUT2D eigenvalue weighted by Crippen LogP contribution is 2.63. The molecule has 0 bridgehead atoms. The first-order chi connectivity index (χ1) is 35.1. The zero-order valence-electron chi connectivity index (χ0n) is 37.9. The summed E-state index contributed by atoms with van der Waals surface area (Å²) in [6, 6.07) is 64.7. The lowest BCUT2D eigenvalue weighted by molar-refractivity contribution is -0.137. The van der Waals surface area contributed by atoms with Crippen LogP contribution >= 0.6 is 0 Å². The molecule has 6 heteroatoms. The molecule has 340 valence electrons. The standard InChI is InChI=1S/C66H34F6/c67-65(68,69)51-25-13-11-23-45(51)57-39-21-9-7-19-37(39)53(35-15-3-1-4-16-35)61-47-31-27-41-42-28-32-48-60-50(34-30-44(56(42)60)43-29-33-49(63(57)61)59(47)55(41)43)64-58(46-24-12-14-26-52(46)66(70,71)72)40-22-10-8-20-38(40)54(62(48)64)36-17-5-2-6-18-36/h1-34H. The van der Waals surface area contributed by atoms with Crippen molar-refractivity contribution in [1.29, 1.82) is 0 Å². The van der Waals surface area contributed by atoms with Crippen molar-refractivity contribution in [3.63, 3.8) is 0 Å². The normalized spacial score (nSPS) is 12.9. The number of hydrogen-bond acceptors (Lipinski definition) is 0. The van der Waals surface area contributed by atoms with Crippen molar-refractivity contribution in [2.24, 2.45) is 0 Å². The monoisotopic (exact) mass is 940 g/mol. The van der Waals surface area contributed by atoms with Crippen LogP contribution in [0.2, 0.25) is 0 Å². The Balaban J connectivity index is 1.08. The molecular weight excluding hydrogens is 907 g/mol. The van der Waals surface area contributed by atoms with Crippen LogP contribution in [-0.4, -0.2) is 0 Å². The first-order valence-corrected chi connectivity index (χ1v) is 23.9. The molecule has 2 aliphatic carbocycles. The van der Waals surface area contributed by atoms with Crippen LogP contribution in [0.3, 0.4) is 0 Å². The van der Waals surface area contributed by atoms with Crippen molar-refractivity contribution in [3.05, 3.63) is 217 Å². The van der Waals surface area contributed by atoms with Crippen LogP contribution in [-0.2, 0) is 12.4 Å². The average Bonchev–Trinajstić information content (AvgIpc) is 3.92. The van der Waals surface area contributed by atoms with E-state index >= 15 is 26.3 Å². The summed E-state index contributed by atoms with van der Waals surface area (Å²) in [5.74, 6) is 0. The van der Waals surface area contributed by atoms with Gasteiger partial charge in [0.25, 0.3) is 0 Å². The van der Waals surface area contributed by atoms with Gasteiger partial charge in [-0.1, -0.05) is 194 Å². The Labute approximate surface area is 408 Å². The lowest BCUT2D eigenvalue weighted by Crippen LogP contribution is -2.07. The predicted octanol–water partition coefficient (Wildman–Crippen LogP) is 20.0. The van der Waals surface area contributed by atoms with Crippen LogP contribution in [0.4, 0.5) is 26.3 Å². The van der Waals surface area contributed by atoms with Gasteiger partial charge in [0.1, 0.15) is 0 Å². The second kappa shape index (κ2) is 14.4. The summed E-state index contributed by atoms with van der Waals surface area (Å²) >= 11 is 0. The molecule has 15 rings (SSSR count). The molecule has 13 aromatic rings. The van der Waals surface area contributed by atoms with E-state index in [0.29, 0.717) is 11.1 Å². The van der Waals surface area contributed by atoms with E-state index in [1.54, 1.807) is 24.3 Å². The largest absolute Gasteiger partial charge is 0.417 e. The van der Waals surface area contributed by atoms with Gasteiger partial charge in [0.15, 0.2) is 0 Å². The Morgan fingerprint density at radius 2 is 0.472 bits per heavy atom. The number of hydrogen-bond donors (Lipinski definition) is 0. The van der Waals surface area contributed by atoms with E-state index in [9.17, 15) is 0 Å². The van der Waals surface area contributed by atoms with Gasteiger partial charge in [0.05, 0.1) is 11.1 Å². The fourth-order valence-corrected chi connectivity index (χ4v) is 12.9. The highest BCUT2D eigenvalue weighted by molar-refractivity contribution is 6.42. The molecule has 0 saturated carbocycles. The number of benzene rings is 13. The van der Waals surface area contributed by atoms with Gasteiger partial charge in [-0.25, -0.2) is 0 Å². The number of rotatable bonds is 4. The lowest BCUT2D eigenvalue weighted by Gasteiger charge is -2.22. The van der Waals surface area contributed by atoms with Gasteiger partial charge in [-0.15, -0.1) is 0 Å². The highest BCUT2D eigenvalue weighted by atomic mass is 19.4. The summed E-state index contributed by atoms with van der Waals surface area (Å²) in [4.78, 5) is 0. The van der Waals surface area contributed by atoms with Crippen LogP contribution in [0.1, 0.15) is 11.1 Å². The Morgan fingerprint density at radius 1 is 0.194 bits per heavy atom. The van der Waals surface area contributed by atoms with Gasteiger partial charge in [-0.2, -0.15) is 26.3 Å². The maximum Gasteiger partial charge on any atom is 0.417 e. The van der Waals surface area contributed by atoms with Crippen LogP contribution in [0.15, 0.2) is 206 Å². The van der Waals surface area contributed by atoms with Gasteiger partial charge in [-0.3, -0.25) is 0 Å². The van der Waals surface area contributed by atoms with Gasteiger partial charge in [0, 0.05) is 0 Å². The number of alkyl halides is 6. The van der Waals surface area contributed by atoms with E-state index in [1.165, 1.54) is 24.3 Å². The predicted molar refractivity (Wildman–Crippen MR) is 283 cm³/mol. The highest BCUT2D eigenvalue weighted by Gasteiger charge is 2.40. The van der Waals surface area contributed by atoms with Crippen molar-refractivity contribution in [2.45, 2.75) is 12.4 Å². The Morgan fingerprint density at radius 3 is 0.806 bits per heavy atom. The van der Waals surface area contributed by atoms with Crippen molar-refractivity contribution in [1.82, 2.24) is 0 Å². The van der Waals surface area contributed by atoms with Crippen LogP contribution in [0.25, 0.3) is 154 Å². The Bertz CT molecular complexity index is 4200. The summed E-state index contributed by atoms with van der Waals surface area (Å²) in [7, 11) is 0. The fraction of sp³-hybridized carbons (Fsp3) is 0.0303. The van der Waals surface area contributed by atoms with E-state index in [4.69, 9.17) is 0 Å². The smallest absolute Gasteiger partial charge is 0.166 e. The molecule has 2 aliphatic rings. The number of fused-ring (bicyclic) bond motifs is 10. The average molecular weight is 941 g/mol. The number of halogens is 6. The molecule has 0 fully saturated rings. The first-order valence-electron chi connectivity index (χ1n) is 23.9. The topological polar surface area (TPSA) is 0 Å². The quantitative estimate of drug-likeness (QED) is 0.0937. The third-order valence-corrected chi connectivity index (χ3v) is 15.5. The molecule has 0 atom stereocenters. The minimum Gasteiger partial charge on any atom is -0.166 e. The van der Waals surface area contributed by atoms with Gasteiger partial charge < -0.3 is 0 Å². The summed E-state index contributed by atoms with van der Waals surface area (Å²) in [6.07, 6.45) is -9.22. The zero-order valence-corrected chi connectivity index (χ0v) is 37.9. The van der Waals surface area contributed by atoms with Crippen LogP contribution in [0, 0.1) is 0 Å². The molecule has 0 nitrogen and oxygen atoms in total. The molecule has 0 unspecified atom stereocenters. The summed E-state index contributed by atoms with van der Waals surface area (Å²) < 4.78 is 91.1. The van der Waals surface area contributed by atoms with Crippen molar-refractivity contribution >= 4 is 64.6 Å². The second-order valence-corrected chi connectivity index (χ2v) is 19.1. The van der Waals surface area contributed by atoms with Gasteiger partial charge >= 0.3 is 12.4 Å². The zero-order chi connectivity index (χ0) is 48.4. The Hall–Kier alpha value is -8.74. The molecule has 72 heavy (non-hydrogen) atoms. The fourth-order valence-electron chi connectivity index (χ4n) is 12.9. The second-order valence-electron chi connectivity index (χ2n) is 19.1. The van der Waals surface area contributed by atoms with E-state index < -0.39 is 23.5 Å². The summed E-state index contributed by atoms with van der Waals surface area (Å²) in [6.45, 7) is 0. The van der Waals surface area contributed by atoms with E-state index in [2.05, 4.69) is 72.8 Å². The third-order valence-electron chi connectivity index (χ3n) is 15.5. The molecular formula is C66H34F6. The van der Waals surface area contributed by atoms with Crippen LogP contribution < -0.4 is 0 Å². The molecule has 0 radical (unpaired) electrons. The van der Waals surface area contributed by atoms with Gasteiger partial charge in [-0.05, 0) is 166 Å². The maximum atomic E-state index is 15.2. The van der Waals surface area contributed by atoms with E-state index in [0.717, 1.165) is 131 Å². The van der Waals surface area contributed by atoms with Crippen molar-refractivity contribution in [2.75, 3.05) is 0 Å². The lowest BCUT2D eigenvalue weighted by atomic mass is 9.81. The summed E-state index contributed by atoms with van der Waals surface area (Å²) in [5, 5.41) is 11.1. The molecule has 0 saturated heterocycles. The molecule has 0 aromatic heterocycles. The maximum absolute atomic E-state index is 15.2. The van der Waals surface area contributed by atoms with E-state index in [-0.39, 0.29) is 11.1 Å². The molecule has 0 heterocycles. The molecule has 0 N–H and O–H groups in total. The molecule has 0 spiro atoms. The van der Waals surface area contributed by atoms with E-state index in [1.807, 2.05) is 84.9 Å². The Kier molecular flexibility index (Phi) is 8.23. The SMILES string of the molecule is FC(F)(F)c1ccccc1-c1c2c(c(-c3ccccc3)c3ccccc13)-c1ccc3c4ccc5c6c(ccc(c7ccc-2c1c37)c64)-c1c-5c(-c2ccccc2)c2ccccc2c1-c1ccccc1C(F)(F)F. The minimum atomic E-state index is -4.61. The molecule has 13 aromatic carbocycles. The first kappa shape index (κ1) is 41.1. The third kappa shape index (κ3) is 5.38. The van der Waals surface area contributed by atoms with Crippen molar-refractivity contribution < 1.29 is 26.3 Å². The summed E-state index contributed by atoms with van der Waals surface area (Å²) in [5.41, 5.74) is 10.8. The molecule has 0 aliphatic heterocycles. The molecule has 0 amide bonds. The van der Waals surface area contributed by atoms with Crippen molar-refractivity contribution in [3.8, 4) is 89.0 Å². The van der Waals surface area contributed by atoms with Crippen LogP contribution in [0.5, 0.6) is 0 Å². The minimum absolute atomic E-state index is 0.127.